The fourth-order valence-corrected chi connectivity index (χ4v) is 5.92. The van der Waals surface area contributed by atoms with Crippen LogP contribution >= 0.6 is 0 Å². The average Bonchev–Trinajstić information content (AvgIpc) is 3.65. The zero-order valence-corrected chi connectivity index (χ0v) is 25.7. The first kappa shape index (κ1) is 31.9. The Bertz CT molecular complexity index is 1220. The number of likely N-dealkylation sites (tertiary alicyclic amines) is 1. The van der Waals surface area contributed by atoms with Gasteiger partial charge in [-0.15, -0.1) is 0 Å². The van der Waals surface area contributed by atoms with E-state index in [-0.39, 0.29) is 56.1 Å². The van der Waals surface area contributed by atoms with Gasteiger partial charge in [0.05, 0.1) is 37.8 Å². The van der Waals surface area contributed by atoms with Crippen LogP contribution in [-0.2, 0) is 29.1 Å². The predicted molar refractivity (Wildman–Crippen MR) is 152 cm³/mol. The van der Waals surface area contributed by atoms with E-state index in [2.05, 4.69) is 15.3 Å². The summed E-state index contributed by atoms with van der Waals surface area (Å²) in [6.07, 6.45) is 6.11. The Labute approximate surface area is 247 Å². The highest BCUT2D eigenvalue weighted by molar-refractivity contribution is 7.89. The van der Waals surface area contributed by atoms with Crippen LogP contribution in [0, 0.1) is 5.92 Å². The van der Waals surface area contributed by atoms with Gasteiger partial charge in [0.15, 0.2) is 5.82 Å². The number of ether oxygens (including phenoxy) is 3. The first-order chi connectivity index (χ1) is 19.7. The predicted octanol–water partition coefficient (Wildman–Crippen LogP) is 1.17. The number of anilines is 1. The molecular weight excluding hydrogens is 568 g/mol. The second-order valence-corrected chi connectivity index (χ2v) is 14.3. The number of esters is 1. The molecule has 1 N–H and O–H groups in total. The summed E-state index contributed by atoms with van der Waals surface area (Å²) >= 11 is 0. The number of carbonyl (C=O) groups is 3. The summed E-state index contributed by atoms with van der Waals surface area (Å²) in [5.41, 5.74) is -0.894. The third-order valence-electron chi connectivity index (χ3n) is 7.32. The molecule has 0 unspecified atom stereocenters. The van der Waals surface area contributed by atoms with Gasteiger partial charge in [-0.1, -0.05) is 0 Å². The zero-order valence-electron chi connectivity index (χ0n) is 24.8. The number of rotatable bonds is 11. The van der Waals surface area contributed by atoms with E-state index in [9.17, 15) is 22.8 Å². The van der Waals surface area contributed by atoms with Crippen molar-refractivity contribution in [1.29, 1.82) is 0 Å². The molecule has 15 heteroatoms. The van der Waals surface area contributed by atoms with Crippen molar-refractivity contribution >= 4 is 33.8 Å². The molecule has 3 heterocycles. The fourth-order valence-electron chi connectivity index (χ4n) is 4.59. The molecule has 1 aromatic heterocycles. The van der Waals surface area contributed by atoms with Crippen molar-refractivity contribution in [1.82, 2.24) is 24.5 Å². The molecule has 0 radical (unpaired) electrons. The van der Waals surface area contributed by atoms with Gasteiger partial charge in [-0.2, -0.15) is 4.31 Å². The molecule has 3 fully saturated rings. The minimum atomic E-state index is -3.71. The number of piperazine rings is 1. The van der Waals surface area contributed by atoms with E-state index in [1.807, 2.05) is 6.92 Å². The van der Waals surface area contributed by atoms with Crippen molar-refractivity contribution in [3.05, 3.63) is 12.4 Å². The molecule has 1 aliphatic carbocycles. The first-order valence-corrected chi connectivity index (χ1v) is 16.0. The molecule has 2 saturated heterocycles. The van der Waals surface area contributed by atoms with E-state index >= 15 is 0 Å². The maximum absolute atomic E-state index is 12.8. The molecule has 0 bridgehead atoms. The van der Waals surface area contributed by atoms with E-state index in [1.165, 1.54) is 17.3 Å². The van der Waals surface area contributed by atoms with Gasteiger partial charge in [-0.3, -0.25) is 14.5 Å². The van der Waals surface area contributed by atoms with Gasteiger partial charge in [-0.25, -0.2) is 23.2 Å². The Hall–Kier alpha value is -3.04. The summed E-state index contributed by atoms with van der Waals surface area (Å²) < 4.78 is 43.1. The molecule has 42 heavy (non-hydrogen) atoms. The molecule has 2 amide bonds. The molecule has 234 valence electrons. The number of amides is 2. The van der Waals surface area contributed by atoms with Crippen LogP contribution in [-0.4, -0.2) is 115 Å². The molecule has 3 aliphatic rings. The summed E-state index contributed by atoms with van der Waals surface area (Å²) in [5, 5.41) is 2.77. The second-order valence-electron chi connectivity index (χ2n) is 12.2. The molecule has 1 aromatic rings. The highest BCUT2D eigenvalue weighted by atomic mass is 32.2. The summed E-state index contributed by atoms with van der Waals surface area (Å²) in [4.78, 5) is 48.6. The third kappa shape index (κ3) is 9.23. The van der Waals surface area contributed by atoms with E-state index in [4.69, 9.17) is 14.2 Å². The average molecular weight is 611 g/mol. The lowest BCUT2D eigenvalue weighted by Gasteiger charge is -2.33. The maximum Gasteiger partial charge on any atom is 0.410 e. The quantitative estimate of drug-likeness (QED) is 0.283. The van der Waals surface area contributed by atoms with Crippen LogP contribution in [0.3, 0.4) is 0 Å². The van der Waals surface area contributed by atoms with Crippen molar-refractivity contribution in [2.24, 2.45) is 5.92 Å². The van der Waals surface area contributed by atoms with Crippen LogP contribution in [0.1, 0.15) is 53.4 Å². The van der Waals surface area contributed by atoms with Gasteiger partial charge in [0.25, 0.3) is 0 Å². The first-order valence-electron chi connectivity index (χ1n) is 14.4. The summed E-state index contributed by atoms with van der Waals surface area (Å²) in [6, 6.07) is 0. The number of nitrogens with one attached hydrogen (secondary N) is 1. The number of nitrogens with zero attached hydrogens (tertiary/aromatic N) is 5. The number of aromatic nitrogens is 2. The monoisotopic (exact) mass is 610 g/mol. The van der Waals surface area contributed by atoms with Gasteiger partial charge < -0.3 is 24.4 Å². The summed E-state index contributed by atoms with van der Waals surface area (Å²) in [7, 11) is -3.71. The van der Waals surface area contributed by atoms with Crippen molar-refractivity contribution < 1.29 is 37.0 Å². The topological polar surface area (TPSA) is 161 Å². The third-order valence-corrected chi connectivity index (χ3v) is 9.14. The molecule has 2 aliphatic heterocycles. The molecule has 4 rings (SSSR count). The zero-order chi connectivity index (χ0) is 30.5. The van der Waals surface area contributed by atoms with Crippen LogP contribution in [0.15, 0.2) is 12.4 Å². The summed E-state index contributed by atoms with van der Waals surface area (Å²) in [5.74, 6) is -0.206. The number of hydrogen-bond acceptors (Lipinski definition) is 11. The minimum absolute atomic E-state index is 0.0497. The van der Waals surface area contributed by atoms with E-state index in [0.29, 0.717) is 31.4 Å². The van der Waals surface area contributed by atoms with Gasteiger partial charge >= 0.3 is 12.1 Å². The van der Waals surface area contributed by atoms with Crippen LogP contribution in [0.4, 0.5) is 10.6 Å². The Morgan fingerprint density at radius 1 is 1.10 bits per heavy atom. The lowest BCUT2D eigenvalue weighted by molar-refractivity contribution is -0.153. The van der Waals surface area contributed by atoms with Gasteiger partial charge in [0.2, 0.25) is 21.8 Å². The van der Waals surface area contributed by atoms with Crippen molar-refractivity contribution in [3.8, 4) is 5.88 Å². The standard InChI is InChI=1S/C27H42N6O8S/c1-26(2,3)40-24(35)17-28-9-14-42(37,38)32-12-13-33(23(34)18-32)21-15-30-22(16-29-21)39-19-20-5-10-31(11-6-20)25(36)41-27(4)7-8-27/h15-16,20,28H,5-14,17-19H2,1-4H3. The van der Waals surface area contributed by atoms with E-state index < -0.39 is 27.5 Å². The fraction of sp³-hybridized carbons (Fsp3) is 0.741. The maximum atomic E-state index is 12.8. The van der Waals surface area contributed by atoms with E-state index in [1.54, 1.807) is 25.7 Å². The molecule has 1 saturated carbocycles. The molecule has 0 atom stereocenters. The Kier molecular flexibility index (Phi) is 9.93. The van der Waals surface area contributed by atoms with Gasteiger partial charge in [0, 0.05) is 32.7 Å². The largest absolute Gasteiger partial charge is 0.476 e. The highest BCUT2D eigenvalue weighted by Gasteiger charge is 2.43. The van der Waals surface area contributed by atoms with Crippen molar-refractivity contribution in [2.45, 2.75) is 64.6 Å². The van der Waals surface area contributed by atoms with Crippen LogP contribution < -0.4 is 15.0 Å². The van der Waals surface area contributed by atoms with Crippen LogP contribution in [0.5, 0.6) is 5.88 Å². The van der Waals surface area contributed by atoms with Gasteiger partial charge in [0.1, 0.15) is 11.2 Å². The Balaban J connectivity index is 1.16. The van der Waals surface area contributed by atoms with Crippen molar-refractivity contribution in [3.63, 3.8) is 0 Å². The number of hydrogen-bond donors (Lipinski definition) is 1. The van der Waals surface area contributed by atoms with Crippen molar-refractivity contribution in [2.75, 3.05) is 63.1 Å². The van der Waals surface area contributed by atoms with Gasteiger partial charge in [-0.05, 0) is 59.3 Å². The summed E-state index contributed by atoms with van der Waals surface area (Å²) in [6.45, 7) is 8.80. The SMILES string of the molecule is CC(C)(C)OC(=O)CNCCS(=O)(=O)N1CCN(c2cnc(OCC3CCN(C(=O)OC4(C)CC4)CC3)cn2)C(=O)C1. The molecule has 0 aromatic carbocycles. The molecule has 0 spiro atoms. The lowest BCUT2D eigenvalue weighted by Crippen LogP contribution is -2.53. The molecule has 14 nitrogen and oxygen atoms in total. The van der Waals surface area contributed by atoms with E-state index in [0.717, 1.165) is 30.0 Å². The second kappa shape index (κ2) is 13.1. The Morgan fingerprint density at radius 3 is 2.40 bits per heavy atom. The number of piperidine rings is 1. The Morgan fingerprint density at radius 2 is 1.81 bits per heavy atom. The highest BCUT2D eigenvalue weighted by Crippen LogP contribution is 2.39. The number of sulfonamides is 1. The lowest BCUT2D eigenvalue weighted by atomic mass is 9.98. The van der Waals surface area contributed by atoms with Crippen LogP contribution in [0.25, 0.3) is 0 Å². The smallest absolute Gasteiger partial charge is 0.410 e. The normalized spacial score (nSPS) is 19.9. The molecular formula is C27H42N6O8S. The minimum Gasteiger partial charge on any atom is -0.476 e. The van der Waals surface area contributed by atoms with Crippen LogP contribution in [0.2, 0.25) is 0 Å². The number of carbonyl (C=O) groups excluding carboxylic acids is 3.